The van der Waals surface area contributed by atoms with Gasteiger partial charge in [0.15, 0.2) is 11.5 Å². The Morgan fingerprint density at radius 2 is 1.81 bits per heavy atom. The van der Waals surface area contributed by atoms with Gasteiger partial charge in [-0.1, -0.05) is 18.2 Å². The molecular formula is C21H16F2N2O2. The van der Waals surface area contributed by atoms with E-state index in [-0.39, 0.29) is 18.2 Å². The molecule has 0 aliphatic carbocycles. The van der Waals surface area contributed by atoms with Crippen LogP contribution in [0.25, 0.3) is 22.4 Å². The van der Waals surface area contributed by atoms with Crippen LogP contribution in [0.1, 0.15) is 5.56 Å². The van der Waals surface area contributed by atoms with Gasteiger partial charge >= 0.3 is 0 Å². The summed E-state index contributed by atoms with van der Waals surface area (Å²) in [5, 5.41) is 0. The summed E-state index contributed by atoms with van der Waals surface area (Å²) in [5.74, 6) is 0.937. The Balaban J connectivity index is 1.61. The predicted molar refractivity (Wildman–Crippen MR) is 98.8 cm³/mol. The fourth-order valence-electron chi connectivity index (χ4n) is 2.82. The van der Waals surface area contributed by atoms with Crippen molar-refractivity contribution in [1.82, 2.24) is 9.97 Å². The molecule has 4 nitrogen and oxygen atoms in total. The first kappa shape index (κ1) is 17.0. The van der Waals surface area contributed by atoms with Crippen molar-refractivity contribution in [2.75, 3.05) is 7.11 Å². The topological polar surface area (TPSA) is 47.1 Å². The number of rotatable bonds is 5. The van der Waals surface area contributed by atoms with E-state index in [1.165, 1.54) is 25.3 Å². The third kappa shape index (κ3) is 3.46. The van der Waals surface area contributed by atoms with Crippen LogP contribution in [0.4, 0.5) is 8.78 Å². The van der Waals surface area contributed by atoms with Crippen molar-refractivity contribution >= 4 is 11.0 Å². The van der Waals surface area contributed by atoms with E-state index in [4.69, 9.17) is 9.47 Å². The third-order valence-electron chi connectivity index (χ3n) is 4.22. The lowest BCUT2D eigenvalue weighted by Gasteiger charge is -2.12. The highest BCUT2D eigenvalue weighted by Crippen LogP contribution is 2.33. The maximum Gasteiger partial charge on any atom is 0.161 e. The van der Waals surface area contributed by atoms with Gasteiger partial charge in [0.2, 0.25) is 0 Å². The number of ether oxygens (including phenoxy) is 2. The van der Waals surface area contributed by atoms with Crippen LogP contribution in [-0.2, 0) is 6.61 Å². The molecule has 3 aromatic carbocycles. The van der Waals surface area contributed by atoms with Crippen molar-refractivity contribution < 1.29 is 18.3 Å². The second kappa shape index (κ2) is 7.07. The van der Waals surface area contributed by atoms with Gasteiger partial charge in [-0.3, -0.25) is 0 Å². The monoisotopic (exact) mass is 366 g/mol. The first-order valence-electron chi connectivity index (χ1n) is 8.34. The van der Waals surface area contributed by atoms with Crippen molar-refractivity contribution in [2.24, 2.45) is 0 Å². The molecule has 1 heterocycles. The van der Waals surface area contributed by atoms with Gasteiger partial charge in [-0.15, -0.1) is 0 Å². The number of nitrogens with one attached hydrogen (secondary N) is 1. The summed E-state index contributed by atoms with van der Waals surface area (Å²) in [6.07, 6.45) is 0. The molecule has 1 N–H and O–H groups in total. The molecule has 0 fully saturated rings. The van der Waals surface area contributed by atoms with Crippen molar-refractivity contribution in [3.63, 3.8) is 0 Å². The Morgan fingerprint density at radius 3 is 2.63 bits per heavy atom. The van der Waals surface area contributed by atoms with Gasteiger partial charge in [0.05, 0.1) is 18.1 Å². The Kier molecular flexibility index (Phi) is 4.46. The van der Waals surface area contributed by atoms with Crippen LogP contribution in [0.5, 0.6) is 11.5 Å². The number of nitrogens with zero attached hydrogens (tertiary/aromatic N) is 1. The maximum atomic E-state index is 13.7. The quantitative estimate of drug-likeness (QED) is 0.535. The van der Waals surface area contributed by atoms with Gasteiger partial charge in [-0.05, 0) is 42.5 Å². The highest BCUT2D eigenvalue weighted by atomic mass is 19.1. The summed E-state index contributed by atoms with van der Waals surface area (Å²) >= 11 is 0. The van der Waals surface area contributed by atoms with E-state index in [1.807, 2.05) is 6.07 Å². The fraction of sp³-hybridized carbons (Fsp3) is 0.0952. The summed E-state index contributed by atoms with van der Waals surface area (Å²) in [6, 6.07) is 16.2. The molecule has 0 atom stereocenters. The first-order valence-corrected chi connectivity index (χ1v) is 8.34. The van der Waals surface area contributed by atoms with Gasteiger partial charge in [0.1, 0.15) is 24.1 Å². The van der Waals surface area contributed by atoms with Crippen LogP contribution in [0.15, 0.2) is 60.7 Å². The maximum absolute atomic E-state index is 13.7. The van der Waals surface area contributed by atoms with Gasteiger partial charge < -0.3 is 14.5 Å². The Bertz CT molecular complexity index is 1110. The predicted octanol–water partition coefficient (Wildman–Crippen LogP) is 5.10. The Labute approximate surface area is 154 Å². The smallest absolute Gasteiger partial charge is 0.161 e. The van der Waals surface area contributed by atoms with Gasteiger partial charge in [-0.25, -0.2) is 13.8 Å². The molecule has 27 heavy (non-hydrogen) atoms. The lowest BCUT2D eigenvalue weighted by Crippen LogP contribution is -2.00. The molecule has 0 spiro atoms. The number of halogens is 2. The number of methoxy groups -OCH3 is 1. The lowest BCUT2D eigenvalue weighted by atomic mass is 10.2. The second-order valence-corrected chi connectivity index (χ2v) is 5.99. The Hall–Kier alpha value is -3.41. The minimum atomic E-state index is -0.327. The SMILES string of the molecule is COc1cc(-c2nc3ccc(F)cc3[nH]2)ccc1OCc1ccccc1F. The second-order valence-electron chi connectivity index (χ2n) is 5.99. The first-order chi connectivity index (χ1) is 13.1. The molecule has 136 valence electrons. The molecule has 0 radical (unpaired) electrons. The summed E-state index contributed by atoms with van der Waals surface area (Å²) in [6.45, 7) is 0.0896. The summed E-state index contributed by atoms with van der Waals surface area (Å²) in [5.41, 5.74) is 2.51. The number of H-pyrrole nitrogens is 1. The van der Waals surface area contributed by atoms with E-state index in [0.717, 1.165) is 5.56 Å². The van der Waals surface area contributed by atoms with Gasteiger partial charge in [0, 0.05) is 11.1 Å². The largest absolute Gasteiger partial charge is 0.493 e. The minimum Gasteiger partial charge on any atom is -0.493 e. The standard InChI is InChI=1S/C21H16F2N2O2/c1-26-20-10-13(21-24-17-8-7-15(22)11-18(17)25-21)6-9-19(20)27-12-14-4-2-3-5-16(14)23/h2-11H,12H2,1H3,(H,24,25). The van der Waals surface area contributed by atoms with E-state index in [0.29, 0.717) is 33.9 Å². The molecule has 4 aromatic rings. The van der Waals surface area contributed by atoms with E-state index in [9.17, 15) is 8.78 Å². The normalized spacial score (nSPS) is 10.9. The average Bonchev–Trinajstić information content (AvgIpc) is 3.10. The van der Waals surface area contributed by atoms with Crippen LogP contribution in [0.2, 0.25) is 0 Å². The van der Waals surface area contributed by atoms with Crippen LogP contribution in [0, 0.1) is 11.6 Å². The van der Waals surface area contributed by atoms with Crippen LogP contribution < -0.4 is 9.47 Å². The highest BCUT2D eigenvalue weighted by molar-refractivity contribution is 5.79. The molecular weight excluding hydrogens is 350 g/mol. The van der Waals surface area contributed by atoms with Crippen LogP contribution >= 0.6 is 0 Å². The third-order valence-corrected chi connectivity index (χ3v) is 4.22. The molecule has 0 saturated carbocycles. The molecule has 0 aliphatic rings. The van der Waals surface area contributed by atoms with E-state index >= 15 is 0 Å². The molecule has 0 bridgehead atoms. The molecule has 1 aromatic heterocycles. The van der Waals surface area contributed by atoms with E-state index in [1.54, 1.807) is 36.4 Å². The summed E-state index contributed by atoms with van der Waals surface area (Å²) in [4.78, 5) is 7.56. The number of hydrogen-bond donors (Lipinski definition) is 1. The molecule has 0 saturated heterocycles. The number of fused-ring (bicyclic) bond motifs is 1. The zero-order valence-electron chi connectivity index (χ0n) is 14.5. The molecule has 0 unspecified atom stereocenters. The number of aromatic amines is 1. The van der Waals surface area contributed by atoms with Gasteiger partial charge in [-0.2, -0.15) is 0 Å². The zero-order valence-corrected chi connectivity index (χ0v) is 14.5. The summed E-state index contributed by atoms with van der Waals surface area (Å²) in [7, 11) is 1.53. The lowest BCUT2D eigenvalue weighted by molar-refractivity contribution is 0.280. The van der Waals surface area contributed by atoms with Crippen LogP contribution in [-0.4, -0.2) is 17.1 Å². The van der Waals surface area contributed by atoms with E-state index < -0.39 is 0 Å². The zero-order chi connectivity index (χ0) is 18.8. The van der Waals surface area contributed by atoms with Crippen molar-refractivity contribution in [3.05, 3.63) is 77.9 Å². The van der Waals surface area contributed by atoms with Crippen molar-refractivity contribution in [3.8, 4) is 22.9 Å². The number of hydrogen-bond acceptors (Lipinski definition) is 3. The van der Waals surface area contributed by atoms with E-state index in [2.05, 4.69) is 9.97 Å². The molecule has 0 aliphatic heterocycles. The number of aromatic nitrogens is 2. The number of imidazole rings is 1. The van der Waals surface area contributed by atoms with Crippen LogP contribution in [0.3, 0.4) is 0 Å². The molecule has 6 heteroatoms. The van der Waals surface area contributed by atoms with Crippen molar-refractivity contribution in [1.29, 1.82) is 0 Å². The Morgan fingerprint density at radius 1 is 0.963 bits per heavy atom. The molecule has 0 amide bonds. The average molecular weight is 366 g/mol. The fourth-order valence-corrected chi connectivity index (χ4v) is 2.82. The minimum absolute atomic E-state index is 0.0896. The molecule has 4 rings (SSSR count). The highest BCUT2D eigenvalue weighted by Gasteiger charge is 2.12. The van der Waals surface area contributed by atoms with Gasteiger partial charge in [0.25, 0.3) is 0 Å². The van der Waals surface area contributed by atoms with Crippen molar-refractivity contribution in [2.45, 2.75) is 6.61 Å². The summed E-state index contributed by atoms with van der Waals surface area (Å²) < 4.78 is 38.2. The number of benzene rings is 3.